The molecule has 1 fully saturated rings. The molecule has 3 N–H and O–H groups in total. The van der Waals surface area contributed by atoms with Crippen LogP contribution in [0.3, 0.4) is 0 Å². The minimum Gasteiger partial charge on any atom is -0.508 e. The third-order valence-electron chi connectivity index (χ3n) is 2.50. The highest BCUT2D eigenvalue weighted by Gasteiger charge is 2.17. The Hall–Kier alpha value is -1.79. The van der Waals surface area contributed by atoms with Crippen LogP contribution in [-0.2, 0) is 4.74 Å². The van der Waals surface area contributed by atoms with Crippen LogP contribution in [0.1, 0.15) is 10.4 Å². The summed E-state index contributed by atoms with van der Waals surface area (Å²) >= 11 is 0. The molecule has 17 heavy (non-hydrogen) atoms. The number of hydrogen-bond acceptors (Lipinski definition) is 5. The van der Waals surface area contributed by atoms with Gasteiger partial charge in [0.15, 0.2) is 0 Å². The fourth-order valence-corrected chi connectivity index (χ4v) is 1.58. The van der Waals surface area contributed by atoms with Crippen LogP contribution < -0.4 is 5.43 Å². The molecule has 1 saturated heterocycles. The standard InChI is InChI=1S/C11H14N2O4/c14-8-1-2-10(15)9(7-8)11(16)12-13-3-5-17-6-4-13/h1-2,7,14-15H,3-6H2,(H,12,16). The maximum atomic E-state index is 11.8. The highest BCUT2D eigenvalue weighted by Crippen LogP contribution is 2.21. The van der Waals surface area contributed by atoms with E-state index in [0.29, 0.717) is 26.3 Å². The average Bonchev–Trinajstić information content (AvgIpc) is 2.33. The lowest BCUT2D eigenvalue weighted by Gasteiger charge is -2.27. The normalized spacial score (nSPS) is 16.7. The predicted molar refractivity (Wildman–Crippen MR) is 59.6 cm³/mol. The van der Waals surface area contributed by atoms with Gasteiger partial charge in [0.2, 0.25) is 0 Å². The molecule has 0 bridgehead atoms. The number of amides is 1. The van der Waals surface area contributed by atoms with E-state index in [-0.39, 0.29) is 17.1 Å². The van der Waals surface area contributed by atoms with Crippen LogP contribution in [-0.4, -0.2) is 47.4 Å². The van der Waals surface area contributed by atoms with E-state index in [9.17, 15) is 15.0 Å². The molecule has 0 atom stereocenters. The maximum absolute atomic E-state index is 11.8. The molecule has 6 nitrogen and oxygen atoms in total. The van der Waals surface area contributed by atoms with E-state index >= 15 is 0 Å². The molecule has 92 valence electrons. The molecule has 1 heterocycles. The SMILES string of the molecule is O=C(NN1CCOCC1)c1cc(O)ccc1O. The van der Waals surface area contributed by atoms with Crippen molar-refractivity contribution in [1.29, 1.82) is 0 Å². The monoisotopic (exact) mass is 238 g/mol. The van der Waals surface area contributed by atoms with Crippen molar-refractivity contribution in [2.24, 2.45) is 0 Å². The summed E-state index contributed by atoms with van der Waals surface area (Å²) in [6.07, 6.45) is 0. The smallest absolute Gasteiger partial charge is 0.269 e. The minimum atomic E-state index is -0.444. The van der Waals surface area contributed by atoms with Crippen molar-refractivity contribution in [3.05, 3.63) is 23.8 Å². The average molecular weight is 238 g/mol. The minimum absolute atomic E-state index is 0.0523. The fourth-order valence-electron chi connectivity index (χ4n) is 1.58. The van der Waals surface area contributed by atoms with E-state index in [1.807, 2.05) is 0 Å². The number of carbonyl (C=O) groups is 1. The second-order valence-electron chi connectivity index (χ2n) is 3.74. The predicted octanol–water partition coefficient (Wildman–Crippen LogP) is 0.0748. The van der Waals surface area contributed by atoms with Crippen LogP contribution in [0.5, 0.6) is 11.5 Å². The Morgan fingerprint density at radius 3 is 2.71 bits per heavy atom. The number of benzene rings is 1. The molecule has 1 amide bonds. The number of ether oxygens (including phenoxy) is 1. The molecule has 0 saturated carbocycles. The van der Waals surface area contributed by atoms with Crippen LogP contribution in [0.4, 0.5) is 0 Å². The Labute approximate surface area is 98.4 Å². The Kier molecular flexibility index (Phi) is 3.46. The zero-order chi connectivity index (χ0) is 12.3. The van der Waals surface area contributed by atoms with Crippen LogP contribution in [0.15, 0.2) is 18.2 Å². The van der Waals surface area contributed by atoms with Crippen LogP contribution in [0, 0.1) is 0 Å². The van der Waals surface area contributed by atoms with Gasteiger partial charge in [0.1, 0.15) is 11.5 Å². The highest BCUT2D eigenvalue weighted by atomic mass is 16.5. The summed E-state index contributed by atoms with van der Waals surface area (Å²) in [5, 5.41) is 20.5. The summed E-state index contributed by atoms with van der Waals surface area (Å²) < 4.78 is 5.15. The van der Waals surface area contributed by atoms with Crippen LogP contribution in [0.25, 0.3) is 0 Å². The van der Waals surface area contributed by atoms with Gasteiger partial charge in [-0.25, -0.2) is 5.01 Å². The molecule has 1 aliphatic heterocycles. The third kappa shape index (κ3) is 2.86. The van der Waals surface area contributed by atoms with Gasteiger partial charge in [-0.05, 0) is 18.2 Å². The zero-order valence-corrected chi connectivity index (χ0v) is 9.22. The van der Waals surface area contributed by atoms with Gasteiger partial charge >= 0.3 is 0 Å². The van der Waals surface area contributed by atoms with Crippen molar-refractivity contribution < 1.29 is 19.7 Å². The van der Waals surface area contributed by atoms with E-state index in [1.165, 1.54) is 18.2 Å². The number of carbonyl (C=O) groups excluding carboxylic acids is 1. The Bertz CT molecular complexity index is 416. The first-order valence-electron chi connectivity index (χ1n) is 5.32. The van der Waals surface area contributed by atoms with Crippen LogP contribution in [0.2, 0.25) is 0 Å². The number of nitrogens with one attached hydrogen (secondary N) is 1. The molecule has 1 aromatic rings. The number of morpholine rings is 1. The first kappa shape index (κ1) is 11.7. The van der Waals surface area contributed by atoms with Gasteiger partial charge in [-0.15, -0.1) is 0 Å². The first-order chi connectivity index (χ1) is 8.16. The number of nitrogens with zero attached hydrogens (tertiary/aromatic N) is 1. The van der Waals surface area contributed by atoms with Gasteiger partial charge < -0.3 is 14.9 Å². The molecule has 0 spiro atoms. The van der Waals surface area contributed by atoms with Crippen molar-refractivity contribution in [2.75, 3.05) is 26.3 Å². The van der Waals surface area contributed by atoms with E-state index < -0.39 is 5.91 Å². The molecule has 1 aromatic carbocycles. The summed E-state index contributed by atoms with van der Waals surface area (Å²) in [7, 11) is 0. The number of hydrogen-bond donors (Lipinski definition) is 3. The molecular formula is C11H14N2O4. The number of phenols is 2. The van der Waals surface area contributed by atoms with E-state index in [1.54, 1.807) is 5.01 Å². The summed E-state index contributed by atoms with van der Waals surface area (Å²) in [6.45, 7) is 2.33. The number of hydrazine groups is 1. The van der Waals surface area contributed by atoms with Gasteiger partial charge in [0, 0.05) is 13.1 Å². The lowest BCUT2D eigenvalue weighted by Crippen LogP contribution is -2.48. The topological polar surface area (TPSA) is 82.0 Å². The maximum Gasteiger partial charge on any atom is 0.269 e. The van der Waals surface area contributed by atoms with Gasteiger partial charge in [0.05, 0.1) is 18.8 Å². The third-order valence-corrected chi connectivity index (χ3v) is 2.50. The lowest BCUT2D eigenvalue weighted by atomic mass is 10.2. The summed E-state index contributed by atoms with van der Waals surface area (Å²) in [4.78, 5) is 11.8. The van der Waals surface area contributed by atoms with Crippen molar-refractivity contribution in [1.82, 2.24) is 10.4 Å². The van der Waals surface area contributed by atoms with E-state index in [2.05, 4.69) is 5.43 Å². The number of rotatable bonds is 2. The number of phenolic OH excluding ortho intramolecular Hbond substituents is 2. The molecule has 0 aromatic heterocycles. The zero-order valence-electron chi connectivity index (χ0n) is 9.22. The van der Waals surface area contributed by atoms with Crippen molar-refractivity contribution in [3.8, 4) is 11.5 Å². The van der Waals surface area contributed by atoms with Crippen LogP contribution >= 0.6 is 0 Å². The van der Waals surface area contributed by atoms with E-state index in [0.717, 1.165) is 0 Å². The molecule has 1 aliphatic rings. The molecule has 0 unspecified atom stereocenters. The van der Waals surface area contributed by atoms with Gasteiger partial charge in [-0.2, -0.15) is 0 Å². The highest BCUT2D eigenvalue weighted by molar-refractivity contribution is 5.96. The lowest BCUT2D eigenvalue weighted by molar-refractivity contribution is 0.0125. The Balaban J connectivity index is 2.05. The Morgan fingerprint density at radius 2 is 2.00 bits per heavy atom. The quantitative estimate of drug-likeness (QED) is 0.635. The van der Waals surface area contributed by atoms with Gasteiger partial charge in [-0.3, -0.25) is 10.2 Å². The van der Waals surface area contributed by atoms with Crippen molar-refractivity contribution >= 4 is 5.91 Å². The van der Waals surface area contributed by atoms with E-state index in [4.69, 9.17) is 4.74 Å². The second-order valence-corrected chi connectivity index (χ2v) is 3.74. The van der Waals surface area contributed by atoms with Crippen molar-refractivity contribution in [3.63, 3.8) is 0 Å². The molecule has 0 aliphatic carbocycles. The molecular weight excluding hydrogens is 224 g/mol. The fraction of sp³-hybridized carbons (Fsp3) is 0.364. The molecule has 0 radical (unpaired) electrons. The summed E-state index contributed by atoms with van der Waals surface area (Å²) in [5.74, 6) is -0.663. The summed E-state index contributed by atoms with van der Waals surface area (Å²) in [6, 6.07) is 3.83. The van der Waals surface area contributed by atoms with Gasteiger partial charge in [0.25, 0.3) is 5.91 Å². The number of aromatic hydroxyl groups is 2. The molecule has 2 rings (SSSR count). The summed E-state index contributed by atoms with van der Waals surface area (Å²) in [5.41, 5.74) is 2.70. The first-order valence-corrected chi connectivity index (χ1v) is 5.32. The largest absolute Gasteiger partial charge is 0.508 e. The molecule has 6 heteroatoms. The Morgan fingerprint density at radius 1 is 1.29 bits per heavy atom. The van der Waals surface area contributed by atoms with Crippen molar-refractivity contribution in [2.45, 2.75) is 0 Å². The second kappa shape index (κ2) is 5.03. The van der Waals surface area contributed by atoms with Gasteiger partial charge in [-0.1, -0.05) is 0 Å².